The van der Waals surface area contributed by atoms with E-state index < -0.39 is 0 Å². The Labute approximate surface area is 175 Å². The zero-order chi connectivity index (χ0) is 19.3. The standard InChI is InChI=1S/C26H48S/c1-2-3-4-5-6-7-8-9-10-11-12-13-14-15-16-17-18-19-20-21-22-26-23-24-27-25-26/h23-25H,2-22H2,1H3. The Kier molecular flexibility index (Phi) is 18.7. The molecule has 0 bridgehead atoms. The minimum Gasteiger partial charge on any atom is -0.152 e. The molecule has 0 N–H and O–H groups in total. The molecular weight excluding hydrogens is 344 g/mol. The van der Waals surface area contributed by atoms with Crippen molar-refractivity contribution < 1.29 is 0 Å². The summed E-state index contributed by atoms with van der Waals surface area (Å²) in [5.41, 5.74) is 1.54. The molecule has 0 spiro atoms. The first-order valence-corrected chi connectivity index (χ1v) is 13.4. The third kappa shape index (κ3) is 17.5. The zero-order valence-corrected chi connectivity index (χ0v) is 19.3. The van der Waals surface area contributed by atoms with E-state index in [1.807, 2.05) is 11.3 Å². The van der Waals surface area contributed by atoms with Gasteiger partial charge in [0, 0.05) is 0 Å². The molecular formula is C26H48S. The third-order valence-corrected chi connectivity index (χ3v) is 6.63. The summed E-state index contributed by atoms with van der Waals surface area (Å²) in [6.45, 7) is 2.30. The van der Waals surface area contributed by atoms with Crippen LogP contribution in [0, 0.1) is 0 Å². The first-order valence-electron chi connectivity index (χ1n) is 12.4. The molecule has 0 aliphatic rings. The van der Waals surface area contributed by atoms with Crippen molar-refractivity contribution in [2.45, 2.75) is 142 Å². The summed E-state index contributed by atoms with van der Waals surface area (Å²) in [6, 6.07) is 2.28. The van der Waals surface area contributed by atoms with Crippen molar-refractivity contribution >= 4 is 11.3 Å². The van der Waals surface area contributed by atoms with Crippen molar-refractivity contribution in [3.63, 3.8) is 0 Å². The molecule has 0 nitrogen and oxygen atoms in total. The van der Waals surface area contributed by atoms with Crippen LogP contribution in [0.2, 0.25) is 0 Å². The Morgan fingerprint density at radius 1 is 0.519 bits per heavy atom. The van der Waals surface area contributed by atoms with Gasteiger partial charge in [0.25, 0.3) is 0 Å². The van der Waals surface area contributed by atoms with Crippen molar-refractivity contribution in [1.29, 1.82) is 0 Å². The Bertz CT molecular complexity index is 368. The highest BCUT2D eigenvalue weighted by Gasteiger charge is 1.96. The summed E-state index contributed by atoms with van der Waals surface area (Å²) >= 11 is 1.83. The van der Waals surface area contributed by atoms with E-state index in [1.165, 1.54) is 135 Å². The van der Waals surface area contributed by atoms with Crippen LogP contribution in [0.1, 0.15) is 141 Å². The van der Waals surface area contributed by atoms with Gasteiger partial charge >= 0.3 is 0 Å². The lowest BCUT2D eigenvalue weighted by Crippen LogP contribution is -1.85. The molecule has 1 aromatic heterocycles. The van der Waals surface area contributed by atoms with Gasteiger partial charge in [-0.3, -0.25) is 0 Å². The van der Waals surface area contributed by atoms with Crippen LogP contribution >= 0.6 is 11.3 Å². The molecule has 27 heavy (non-hydrogen) atoms. The summed E-state index contributed by atoms with van der Waals surface area (Å²) < 4.78 is 0. The lowest BCUT2D eigenvalue weighted by atomic mass is 10.0. The first-order chi connectivity index (χ1) is 13.4. The van der Waals surface area contributed by atoms with Crippen LogP contribution in [-0.4, -0.2) is 0 Å². The zero-order valence-electron chi connectivity index (χ0n) is 18.5. The van der Waals surface area contributed by atoms with E-state index in [-0.39, 0.29) is 0 Å². The summed E-state index contributed by atoms with van der Waals surface area (Å²) in [6.07, 6.45) is 30.5. The largest absolute Gasteiger partial charge is 0.152 e. The molecule has 0 aromatic carbocycles. The maximum absolute atomic E-state index is 2.30. The van der Waals surface area contributed by atoms with Crippen LogP contribution in [0.3, 0.4) is 0 Å². The highest BCUT2D eigenvalue weighted by molar-refractivity contribution is 7.07. The quantitative estimate of drug-likeness (QED) is 0.182. The van der Waals surface area contributed by atoms with Gasteiger partial charge in [0.15, 0.2) is 0 Å². The van der Waals surface area contributed by atoms with E-state index >= 15 is 0 Å². The average molecular weight is 393 g/mol. The summed E-state index contributed by atoms with van der Waals surface area (Å²) in [7, 11) is 0. The van der Waals surface area contributed by atoms with Crippen molar-refractivity contribution in [1.82, 2.24) is 0 Å². The molecule has 0 unspecified atom stereocenters. The Morgan fingerprint density at radius 2 is 0.889 bits per heavy atom. The molecule has 1 aromatic rings. The molecule has 0 saturated heterocycles. The van der Waals surface area contributed by atoms with E-state index in [2.05, 4.69) is 23.8 Å². The first kappa shape index (κ1) is 24.7. The van der Waals surface area contributed by atoms with Crippen LogP contribution in [0.25, 0.3) is 0 Å². The van der Waals surface area contributed by atoms with E-state index in [0.29, 0.717) is 0 Å². The number of thiophene rings is 1. The lowest BCUT2D eigenvalue weighted by molar-refractivity contribution is 0.522. The molecule has 1 rings (SSSR count). The Balaban J connectivity index is 1.64. The maximum atomic E-state index is 2.30. The third-order valence-electron chi connectivity index (χ3n) is 5.90. The van der Waals surface area contributed by atoms with Crippen molar-refractivity contribution in [3.8, 4) is 0 Å². The minimum absolute atomic E-state index is 1.29. The Morgan fingerprint density at radius 3 is 1.22 bits per heavy atom. The van der Waals surface area contributed by atoms with Gasteiger partial charge in [-0.2, -0.15) is 11.3 Å². The highest BCUT2D eigenvalue weighted by atomic mass is 32.1. The predicted octanol–water partition coefficient (Wildman–Crippen LogP) is 10.1. The molecule has 0 fully saturated rings. The van der Waals surface area contributed by atoms with Gasteiger partial charge in [0.2, 0.25) is 0 Å². The van der Waals surface area contributed by atoms with Crippen molar-refractivity contribution in [2.75, 3.05) is 0 Å². The monoisotopic (exact) mass is 392 g/mol. The molecule has 158 valence electrons. The summed E-state index contributed by atoms with van der Waals surface area (Å²) in [5, 5.41) is 4.50. The van der Waals surface area contributed by atoms with Crippen LogP contribution < -0.4 is 0 Å². The van der Waals surface area contributed by atoms with Crippen LogP contribution in [-0.2, 0) is 6.42 Å². The minimum atomic E-state index is 1.29. The van der Waals surface area contributed by atoms with E-state index in [1.54, 1.807) is 5.56 Å². The topological polar surface area (TPSA) is 0 Å². The smallest absolute Gasteiger partial charge is 0.00613 e. The summed E-state index contributed by atoms with van der Waals surface area (Å²) in [5.74, 6) is 0. The fourth-order valence-corrected chi connectivity index (χ4v) is 4.72. The molecule has 1 heterocycles. The normalized spacial score (nSPS) is 11.3. The molecule has 1 heteroatoms. The van der Waals surface area contributed by atoms with Gasteiger partial charge in [-0.25, -0.2) is 0 Å². The van der Waals surface area contributed by atoms with Gasteiger partial charge in [-0.15, -0.1) is 0 Å². The maximum Gasteiger partial charge on any atom is -0.00613 e. The van der Waals surface area contributed by atoms with E-state index in [4.69, 9.17) is 0 Å². The molecule has 0 aliphatic carbocycles. The van der Waals surface area contributed by atoms with E-state index in [9.17, 15) is 0 Å². The van der Waals surface area contributed by atoms with Gasteiger partial charge < -0.3 is 0 Å². The van der Waals surface area contributed by atoms with E-state index in [0.717, 1.165) is 0 Å². The fraction of sp³-hybridized carbons (Fsp3) is 0.846. The van der Waals surface area contributed by atoms with Gasteiger partial charge in [-0.1, -0.05) is 129 Å². The second-order valence-electron chi connectivity index (χ2n) is 8.60. The number of rotatable bonds is 21. The Hall–Kier alpha value is -0.300. The molecule has 0 saturated carbocycles. The van der Waals surface area contributed by atoms with Crippen molar-refractivity contribution in [2.24, 2.45) is 0 Å². The van der Waals surface area contributed by atoms with Crippen LogP contribution in [0.15, 0.2) is 16.8 Å². The lowest BCUT2D eigenvalue weighted by Gasteiger charge is -2.04. The number of hydrogen-bond donors (Lipinski definition) is 0. The highest BCUT2D eigenvalue weighted by Crippen LogP contribution is 2.15. The average Bonchev–Trinajstić information content (AvgIpc) is 3.20. The summed E-state index contributed by atoms with van der Waals surface area (Å²) in [4.78, 5) is 0. The predicted molar refractivity (Wildman–Crippen MR) is 126 cm³/mol. The number of hydrogen-bond acceptors (Lipinski definition) is 1. The number of unbranched alkanes of at least 4 members (excludes halogenated alkanes) is 19. The van der Waals surface area contributed by atoms with Crippen LogP contribution in [0.4, 0.5) is 0 Å². The van der Waals surface area contributed by atoms with Crippen LogP contribution in [0.5, 0.6) is 0 Å². The SMILES string of the molecule is CCCCCCCCCCCCCCCCCCCCCCc1ccsc1. The van der Waals surface area contributed by atoms with Crippen molar-refractivity contribution in [3.05, 3.63) is 22.4 Å². The second kappa shape index (κ2) is 20.4. The number of aryl methyl sites for hydroxylation is 1. The van der Waals surface area contributed by atoms with Gasteiger partial charge in [-0.05, 0) is 35.2 Å². The second-order valence-corrected chi connectivity index (χ2v) is 9.38. The molecule has 0 atom stereocenters. The molecule has 0 aliphatic heterocycles. The fourth-order valence-electron chi connectivity index (χ4n) is 4.02. The van der Waals surface area contributed by atoms with Gasteiger partial charge in [0.05, 0.1) is 0 Å². The molecule has 0 amide bonds. The van der Waals surface area contributed by atoms with Gasteiger partial charge in [0.1, 0.15) is 0 Å². The molecule has 0 radical (unpaired) electrons.